The lowest BCUT2D eigenvalue weighted by Gasteiger charge is -2.03. The van der Waals surface area contributed by atoms with Gasteiger partial charge in [0.05, 0.1) is 5.69 Å². The average Bonchev–Trinajstić information content (AvgIpc) is 1.88. The maximum absolute atomic E-state index is 5.24. The molecule has 1 rings (SSSR count). The molecule has 62 valence electrons. The quantitative estimate of drug-likeness (QED) is 0.582. The Hall–Kier alpha value is -0.250. The molecule has 0 unspecified atom stereocenters. The number of hydrogen-bond donors (Lipinski definition) is 2. The molecule has 0 radical (unpaired) electrons. The minimum absolute atomic E-state index is 0. The molecule has 0 saturated heterocycles. The van der Waals surface area contributed by atoms with E-state index >= 15 is 0 Å². The van der Waals surface area contributed by atoms with Gasteiger partial charge in [0.1, 0.15) is 0 Å². The Kier molecular flexibility index (Phi) is 4.49. The maximum atomic E-state index is 5.24. The largest absolute Gasteiger partial charge is 0.324 e. The van der Waals surface area contributed by atoms with Crippen molar-refractivity contribution < 1.29 is 0 Å². The van der Waals surface area contributed by atoms with Gasteiger partial charge in [-0.05, 0) is 30.7 Å². The Balaban J connectivity index is 0.000001000. The van der Waals surface area contributed by atoms with Gasteiger partial charge in [0, 0.05) is 4.47 Å². The van der Waals surface area contributed by atoms with Crippen LogP contribution in [0.1, 0.15) is 5.56 Å². The molecule has 0 amide bonds. The van der Waals surface area contributed by atoms with E-state index in [9.17, 15) is 0 Å². The Bertz CT molecular complexity index is 240. The van der Waals surface area contributed by atoms with Crippen LogP contribution in [0.2, 0.25) is 0 Å². The maximum Gasteiger partial charge on any atom is 0.0515 e. The van der Waals surface area contributed by atoms with Gasteiger partial charge in [-0.25, -0.2) is 0 Å². The molecule has 0 fully saturated rings. The number of hydrazine groups is 1. The molecule has 0 spiro atoms. The van der Waals surface area contributed by atoms with Crippen molar-refractivity contribution in [3.63, 3.8) is 0 Å². The van der Waals surface area contributed by atoms with E-state index in [0.29, 0.717) is 0 Å². The number of aryl methyl sites for hydroxylation is 1. The van der Waals surface area contributed by atoms with E-state index in [1.165, 1.54) is 0 Å². The minimum atomic E-state index is 0. The summed E-state index contributed by atoms with van der Waals surface area (Å²) >= 11 is 3.36. The highest BCUT2D eigenvalue weighted by Gasteiger charge is 1.94. The summed E-state index contributed by atoms with van der Waals surface area (Å²) in [7, 11) is 0. The van der Waals surface area contributed by atoms with Gasteiger partial charge in [-0.2, -0.15) is 0 Å². The fraction of sp³-hybridized carbons (Fsp3) is 0.143. The summed E-state index contributed by atoms with van der Waals surface area (Å²) in [6.07, 6.45) is 0. The molecule has 4 heteroatoms. The van der Waals surface area contributed by atoms with E-state index < -0.39 is 0 Å². The third-order valence-corrected chi connectivity index (χ3v) is 1.84. The number of hydrogen-bond acceptors (Lipinski definition) is 2. The second-order valence-corrected chi connectivity index (χ2v) is 3.02. The molecule has 0 heterocycles. The predicted octanol–water partition coefficient (Wildman–Crippen LogP) is 2.46. The van der Waals surface area contributed by atoms with Crippen LogP contribution in [0.25, 0.3) is 0 Å². The highest BCUT2D eigenvalue weighted by atomic mass is 79.9. The number of nitrogens with two attached hydrogens (primary N) is 1. The van der Waals surface area contributed by atoms with Crippen LogP contribution in [0.5, 0.6) is 0 Å². The van der Waals surface area contributed by atoms with Gasteiger partial charge in [-0.15, -0.1) is 12.4 Å². The molecule has 0 aromatic heterocycles. The summed E-state index contributed by atoms with van der Waals surface area (Å²) in [5.74, 6) is 5.24. The number of rotatable bonds is 1. The van der Waals surface area contributed by atoms with Crippen LogP contribution in [-0.4, -0.2) is 0 Å². The molecule has 0 bridgehead atoms. The lowest BCUT2D eigenvalue weighted by molar-refractivity contribution is 1.30. The predicted molar refractivity (Wildman–Crippen MR) is 53.9 cm³/mol. The third-order valence-electron chi connectivity index (χ3n) is 1.34. The van der Waals surface area contributed by atoms with Crippen LogP contribution in [0.4, 0.5) is 5.69 Å². The van der Waals surface area contributed by atoms with E-state index in [0.717, 1.165) is 15.7 Å². The zero-order chi connectivity index (χ0) is 7.56. The summed E-state index contributed by atoms with van der Waals surface area (Å²) in [6.45, 7) is 2.00. The van der Waals surface area contributed by atoms with Crippen LogP contribution in [0, 0.1) is 6.92 Å². The number of halogens is 2. The molecule has 0 aliphatic carbocycles. The van der Waals surface area contributed by atoms with Crippen LogP contribution in [-0.2, 0) is 0 Å². The Morgan fingerprint density at radius 3 is 2.55 bits per heavy atom. The van der Waals surface area contributed by atoms with Crippen molar-refractivity contribution in [1.82, 2.24) is 0 Å². The smallest absolute Gasteiger partial charge is 0.0515 e. The van der Waals surface area contributed by atoms with Gasteiger partial charge in [0.2, 0.25) is 0 Å². The third kappa shape index (κ3) is 2.69. The normalized spacial score (nSPS) is 8.64. The first kappa shape index (κ1) is 10.8. The van der Waals surface area contributed by atoms with Crippen molar-refractivity contribution in [3.05, 3.63) is 28.2 Å². The molecule has 3 N–H and O–H groups in total. The Labute approximate surface area is 80.7 Å². The first-order valence-electron chi connectivity index (χ1n) is 2.97. The second kappa shape index (κ2) is 4.59. The zero-order valence-corrected chi connectivity index (χ0v) is 8.50. The standard InChI is InChI=1S/C7H9BrN2.ClH/c1-5-4-6(8)2-3-7(5)10-9;/h2-4,10H,9H2,1H3;1H. The van der Waals surface area contributed by atoms with Crippen LogP contribution in [0.15, 0.2) is 22.7 Å². The molecule has 0 aliphatic rings. The molecule has 2 nitrogen and oxygen atoms in total. The Morgan fingerprint density at radius 1 is 1.45 bits per heavy atom. The van der Waals surface area contributed by atoms with Crippen LogP contribution in [0.3, 0.4) is 0 Å². The highest BCUT2D eigenvalue weighted by Crippen LogP contribution is 2.18. The van der Waals surface area contributed by atoms with Crippen molar-refractivity contribution in [2.75, 3.05) is 5.43 Å². The van der Waals surface area contributed by atoms with Crippen molar-refractivity contribution in [2.45, 2.75) is 6.92 Å². The summed E-state index contributed by atoms with van der Waals surface area (Å²) in [6, 6.07) is 5.89. The van der Waals surface area contributed by atoms with Gasteiger partial charge in [-0.3, -0.25) is 5.84 Å². The monoisotopic (exact) mass is 236 g/mol. The molecule has 0 atom stereocenters. The summed E-state index contributed by atoms with van der Waals surface area (Å²) in [4.78, 5) is 0. The first-order chi connectivity index (χ1) is 4.74. The fourth-order valence-corrected chi connectivity index (χ4v) is 1.26. The summed E-state index contributed by atoms with van der Waals surface area (Å²) in [5, 5.41) is 0. The van der Waals surface area contributed by atoms with Crippen molar-refractivity contribution in [3.8, 4) is 0 Å². The lowest BCUT2D eigenvalue weighted by atomic mass is 10.2. The van der Waals surface area contributed by atoms with Crippen LogP contribution >= 0.6 is 28.3 Å². The first-order valence-corrected chi connectivity index (χ1v) is 3.76. The van der Waals surface area contributed by atoms with E-state index in [2.05, 4.69) is 21.4 Å². The number of benzene rings is 1. The lowest BCUT2D eigenvalue weighted by Crippen LogP contribution is -2.07. The van der Waals surface area contributed by atoms with Gasteiger partial charge < -0.3 is 5.43 Å². The van der Waals surface area contributed by atoms with Gasteiger partial charge in [0.15, 0.2) is 0 Å². The van der Waals surface area contributed by atoms with Crippen molar-refractivity contribution in [1.29, 1.82) is 0 Å². The zero-order valence-electron chi connectivity index (χ0n) is 6.10. The molecule has 1 aromatic rings. The van der Waals surface area contributed by atoms with Gasteiger partial charge in [0.25, 0.3) is 0 Å². The van der Waals surface area contributed by atoms with E-state index in [-0.39, 0.29) is 12.4 Å². The van der Waals surface area contributed by atoms with Crippen LogP contribution < -0.4 is 11.3 Å². The number of nitrogen functional groups attached to an aromatic ring is 1. The fourth-order valence-electron chi connectivity index (χ4n) is 0.789. The number of nitrogens with one attached hydrogen (secondary N) is 1. The molecule has 11 heavy (non-hydrogen) atoms. The van der Waals surface area contributed by atoms with E-state index in [1.54, 1.807) is 0 Å². The SMILES string of the molecule is Cc1cc(Br)ccc1NN.Cl. The topological polar surface area (TPSA) is 38.0 Å². The molecular weight excluding hydrogens is 227 g/mol. The van der Waals surface area contributed by atoms with E-state index in [1.807, 2.05) is 25.1 Å². The second-order valence-electron chi connectivity index (χ2n) is 2.10. The number of anilines is 1. The molecular formula is C7H10BrClN2. The summed E-state index contributed by atoms with van der Waals surface area (Å²) < 4.78 is 1.07. The molecule has 0 aliphatic heterocycles. The average molecular weight is 238 g/mol. The van der Waals surface area contributed by atoms with Crippen molar-refractivity contribution >= 4 is 34.0 Å². The minimum Gasteiger partial charge on any atom is -0.324 e. The Morgan fingerprint density at radius 2 is 2.09 bits per heavy atom. The highest BCUT2D eigenvalue weighted by molar-refractivity contribution is 9.10. The summed E-state index contributed by atoms with van der Waals surface area (Å²) in [5.41, 5.74) is 4.70. The van der Waals surface area contributed by atoms with Gasteiger partial charge >= 0.3 is 0 Å². The van der Waals surface area contributed by atoms with Gasteiger partial charge in [-0.1, -0.05) is 15.9 Å². The van der Waals surface area contributed by atoms with Crippen molar-refractivity contribution in [2.24, 2.45) is 5.84 Å². The molecule has 1 aromatic carbocycles. The van der Waals surface area contributed by atoms with E-state index in [4.69, 9.17) is 5.84 Å². The molecule has 0 saturated carbocycles.